The lowest BCUT2D eigenvalue weighted by atomic mass is 10.1. The maximum absolute atomic E-state index is 13.1. The normalized spacial score (nSPS) is 10.1. The van der Waals surface area contributed by atoms with Gasteiger partial charge in [-0.1, -0.05) is 12.1 Å². The Kier molecular flexibility index (Phi) is 8.45. The Morgan fingerprint density at radius 2 is 1.86 bits per heavy atom. The summed E-state index contributed by atoms with van der Waals surface area (Å²) in [6.45, 7) is 1.83. The second kappa shape index (κ2) is 11.9. The summed E-state index contributed by atoms with van der Waals surface area (Å²) >= 11 is 0. The van der Waals surface area contributed by atoms with Crippen molar-refractivity contribution < 1.29 is 24.2 Å². The highest BCUT2D eigenvalue weighted by Crippen LogP contribution is 2.32. The fraction of sp³-hybridized carbons (Fsp3) is 0.154. The van der Waals surface area contributed by atoms with Crippen LogP contribution < -0.4 is 25.8 Å². The molecule has 0 saturated carbocycles. The molecule has 3 aromatic rings. The first kappa shape index (κ1) is 25.6. The number of carboxylic acids is 1. The molecule has 0 spiro atoms. The van der Waals surface area contributed by atoms with E-state index in [-0.39, 0.29) is 17.9 Å². The molecule has 0 fully saturated rings. The number of anilines is 2. The number of nitrogens with zero attached hydrogens (tertiary/aromatic N) is 1. The highest BCUT2D eigenvalue weighted by atomic mass is 16.5. The van der Waals surface area contributed by atoms with Crippen LogP contribution >= 0.6 is 0 Å². The third kappa shape index (κ3) is 6.51. The number of nitriles is 1. The molecule has 0 aliphatic rings. The Bertz CT molecular complexity index is 1320. The molecule has 0 atom stereocenters. The number of nitrogen functional groups attached to an aromatic ring is 1. The number of carbonyl (C=O) groups is 2. The van der Waals surface area contributed by atoms with Crippen LogP contribution in [-0.2, 0) is 11.3 Å². The standard InChI is InChI=1S/C26H25N5O5/c1-2-35-22-5-3-4-18(24(22)36-15-23(32)33)14-30-21-11-6-16(13-27)12-20(21)26(34)31-19-9-7-17(8-10-19)25(28)29/h3-12,30H,2,14-15H2,1H3,(H3,28,29)(H,31,34)(H,32,33). The number of nitrogens with two attached hydrogens (primary N) is 1. The van der Waals surface area contributed by atoms with Crippen LogP contribution in [-0.4, -0.2) is 36.0 Å². The van der Waals surface area contributed by atoms with Crippen LogP contribution in [0.5, 0.6) is 11.5 Å². The van der Waals surface area contributed by atoms with Crippen LogP contribution in [0.4, 0.5) is 11.4 Å². The van der Waals surface area contributed by atoms with Gasteiger partial charge in [-0.25, -0.2) is 4.79 Å². The zero-order chi connectivity index (χ0) is 26.1. The molecule has 0 aromatic heterocycles. The number of hydrogen-bond acceptors (Lipinski definition) is 7. The zero-order valence-corrected chi connectivity index (χ0v) is 19.5. The summed E-state index contributed by atoms with van der Waals surface area (Å²) in [5, 5.41) is 31.8. The first-order valence-corrected chi connectivity index (χ1v) is 11.0. The molecular formula is C26H25N5O5. The molecule has 36 heavy (non-hydrogen) atoms. The lowest BCUT2D eigenvalue weighted by molar-refractivity contribution is -0.139. The van der Waals surface area contributed by atoms with Crippen LogP contribution in [0.3, 0.4) is 0 Å². The van der Waals surface area contributed by atoms with Crippen molar-refractivity contribution in [2.75, 3.05) is 23.8 Å². The smallest absolute Gasteiger partial charge is 0.341 e. The second-order valence-electron chi connectivity index (χ2n) is 7.53. The molecule has 0 unspecified atom stereocenters. The SMILES string of the molecule is CCOc1cccc(CNc2ccc(C#N)cc2C(=O)Nc2ccc(C(=N)N)cc2)c1OCC(=O)O. The van der Waals surface area contributed by atoms with Gasteiger partial charge >= 0.3 is 5.97 Å². The van der Waals surface area contributed by atoms with E-state index in [0.29, 0.717) is 46.2 Å². The predicted octanol–water partition coefficient (Wildman–Crippen LogP) is 3.57. The maximum Gasteiger partial charge on any atom is 0.341 e. The average Bonchev–Trinajstić information content (AvgIpc) is 2.87. The minimum absolute atomic E-state index is 0.0822. The monoisotopic (exact) mass is 487 g/mol. The van der Waals surface area contributed by atoms with E-state index in [1.807, 2.05) is 6.07 Å². The summed E-state index contributed by atoms with van der Waals surface area (Å²) in [4.78, 5) is 24.1. The quantitative estimate of drug-likeness (QED) is 0.202. The molecule has 0 bridgehead atoms. The Morgan fingerprint density at radius 3 is 2.50 bits per heavy atom. The number of aliphatic carboxylic acids is 1. The molecule has 3 aromatic carbocycles. The van der Waals surface area contributed by atoms with Crippen LogP contribution in [0.25, 0.3) is 0 Å². The van der Waals surface area contributed by atoms with Gasteiger partial charge in [-0.2, -0.15) is 5.26 Å². The minimum Gasteiger partial charge on any atom is -0.490 e. The van der Waals surface area contributed by atoms with Gasteiger partial charge in [-0.05, 0) is 55.5 Å². The first-order chi connectivity index (χ1) is 17.3. The van der Waals surface area contributed by atoms with Crippen molar-refractivity contribution in [3.8, 4) is 17.6 Å². The topological polar surface area (TPSA) is 171 Å². The van der Waals surface area contributed by atoms with Crippen molar-refractivity contribution in [1.82, 2.24) is 0 Å². The van der Waals surface area contributed by atoms with E-state index in [1.165, 1.54) is 6.07 Å². The van der Waals surface area contributed by atoms with Gasteiger partial charge in [0.25, 0.3) is 5.91 Å². The van der Waals surface area contributed by atoms with Gasteiger partial charge < -0.3 is 30.9 Å². The summed E-state index contributed by atoms with van der Waals surface area (Å²) in [6, 6.07) is 18.4. The van der Waals surface area contributed by atoms with Gasteiger partial charge in [-0.3, -0.25) is 10.2 Å². The fourth-order valence-electron chi connectivity index (χ4n) is 3.35. The maximum atomic E-state index is 13.1. The Labute approximate surface area is 207 Å². The van der Waals surface area contributed by atoms with Crippen LogP contribution in [0.2, 0.25) is 0 Å². The molecule has 6 N–H and O–H groups in total. The predicted molar refractivity (Wildman–Crippen MR) is 135 cm³/mol. The molecule has 184 valence electrons. The van der Waals surface area contributed by atoms with Crippen molar-refractivity contribution >= 4 is 29.1 Å². The number of nitrogens with one attached hydrogen (secondary N) is 3. The molecule has 0 aliphatic carbocycles. The number of carbonyl (C=O) groups excluding carboxylic acids is 1. The highest BCUT2D eigenvalue weighted by molar-refractivity contribution is 6.08. The first-order valence-electron chi connectivity index (χ1n) is 11.0. The summed E-state index contributed by atoms with van der Waals surface area (Å²) in [7, 11) is 0. The number of amidine groups is 1. The number of hydrogen-bond donors (Lipinski definition) is 5. The molecule has 0 heterocycles. The van der Waals surface area contributed by atoms with Gasteiger partial charge in [0.1, 0.15) is 5.84 Å². The molecule has 0 radical (unpaired) electrons. The van der Waals surface area contributed by atoms with Crippen LogP contribution in [0.1, 0.15) is 34.0 Å². The molecule has 10 nitrogen and oxygen atoms in total. The number of rotatable bonds is 11. The summed E-state index contributed by atoms with van der Waals surface area (Å²) in [5.41, 5.74) is 8.11. The number of carboxylic acid groups (broad SMARTS) is 1. The summed E-state index contributed by atoms with van der Waals surface area (Å²) in [6.07, 6.45) is 0. The van der Waals surface area contributed by atoms with E-state index >= 15 is 0 Å². The molecular weight excluding hydrogens is 462 g/mol. The highest BCUT2D eigenvalue weighted by Gasteiger charge is 2.16. The third-order valence-electron chi connectivity index (χ3n) is 5.02. The van der Waals surface area contributed by atoms with Crippen molar-refractivity contribution in [3.63, 3.8) is 0 Å². The molecule has 0 aliphatic heterocycles. The zero-order valence-electron chi connectivity index (χ0n) is 19.5. The summed E-state index contributed by atoms with van der Waals surface area (Å²) < 4.78 is 11.1. The van der Waals surface area contributed by atoms with E-state index in [2.05, 4.69) is 10.6 Å². The van der Waals surface area contributed by atoms with Crippen molar-refractivity contribution in [1.29, 1.82) is 10.7 Å². The summed E-state index contributed by atoms with van der Waals surface area (Å²) in [5.74, 6) is -0.955. The third-order valence-corrected chi connectivity index (χ3v) is 5.02. The molecule has 10 heteroatoms. The molecule has 0 saturated heterocycles. The largest absolute Gasteiger partial charge is 0.490 e. The van der Waals surface area contributed by atoms with Crippen molar-refractivity contribution in [2.45, 2.75) is 13.5 Å². The minimum atomic E-state index is -1.12. The van der Waals surface area contributed by atoms with Gasteiger partial charge in [-0.15, -0.1) is 0 Å². The lowest BCUT2D eigenvalue weighted by Crippen LogP contribution is -2.16. The van der Waals surface area contributed by atoms with E-state index in [1.54, 1.807) is 61.5 Å². The van der Waals surface area contributed by atoms with E-state index in [9.17, 15) is 14.9 Å². The van der Waals surface area contributed by atoms with E-state index in [4.69, 9.17) is 25.7 Å². The van der Waals surface area contributed by atoms with E-state index in [0.717, 1.165) is 0 Å². The Morgan fingerprint density at radius 1 is 1.11 bits per heavy atom. The van der Waals surface area contributed by atoms with Gasteiger partial charge in [0, 0.05) is 29.0 Å². The van der Waals surface area contributed by atoms with Crippen LogP contribution in [0.15, 0.2) is 60.7 Å². The van der Waals surface area contributed by atoms with Crippen LogP contribution in [0, 0.1) is 16.7 Å². The number of para-hydroxylation sites is 1. The van der Waals surface area contributed by atoms with E-state index < -0.39 is 18.5 Å². The lowest BCUT2D eigenvalue weighted by Gasteiger charge is -2.17. The number of ether oxygens (including phenoxy) is 2. The van der Waals surface area contributed by atoms with Gasteiger partial charge in [0.2, 0.25) is 0 Å². The number of benzene rings is 3. The average molecular weight is 488 g/mol. The van der Waals surface area contributed by atoms with Crippen molar-refractivity contribution in [2.24, 2.45) is 5.73 Å². The Balaban J connectivity index is 1.86. The van der Waals surface area contributed by atoms with Gasteiger partial charge in [0.05, 0.1) is 23.8 Å². The fourth-order valence-corrected chi connectivity index (χ4v) is 3.35. The number of amides is 1. The second-order valence-corrected chi connectivity index (χ2v) is 7.53. The Hall–Kier alpha value is -5.04. The molecule has 1 amide bonds. The molecule has 3 rings (SSSR count). The van der Waals surface area contributed by atoms with Crippen molar-refractivity contribution in [3.05, 3.63) is 82.9 Å². The van der Waals surface area contributed by atoms with Gasteiger partial charge in [0.15, 0.2) is 18.1 Å².